The maximum Gasteiger partial charge on any atom is 0.267 e. The second-order valence-corrected chi connectivity index (χ2v) is 9.20. The highest BCUT2D eigenvalue weighted by atomic mass is 16.5. The molecular weight excluding hydrogens is 466 g/mol. The first kappa shape index (κ1) is 22.8. The molecule has 0 aliphatic carbocycles. The molecule has 37 heavy (non-hydrogen) atoms. The molecule has 4 aromatic carbocycles. The second-order valence-electron chi connectivity index (χ2n) is 9.20. The van der Waals surface area contributed by atoms with Crippen molar-refractivity contribution in [3.05, 3.63) is 108 Å². The molecule has 0 spiro atoms. The summed E-state index contributed by atoms with van der Waals surface area (Å²) in [6.07, 6.45) is -0.964. The predicted molar refractivity (Wildman–Crippen MR) is 139 cm³/mol. The van der Waals surface area contributed by atoms with Crippen LogP contribution >= 0.6 is 0 Å². The van der Waals surface area contributed by atoms with Crippen LogP contribution in [0, 0.1) is 0 Å². The topological polar surface area (TPSA) is 70.2 Å². The fourth-order valence-electron chi connectivity index (χ4n) is 5.14. The first-order valence-corrected chi connectivity index (χ1v) is 12.3. The third-order valence-electron chi connectivity index (χ3n) is 6.94. The van der Waals surface area contributed by atoms with Crippen molar-refractivity contribution in [2.45, 2.75) is 12.7 Å². The molecule has 2 fully saturated rings. The maximum atomic E-state index is 13.7. The van der Waals surface area contributed by atoms with Crippen molar-refractivity contribution in [1.29, 1.82) is 0 Å². The minimum Gasteiger partial charge on any atom is -0.457 e. The molecule has 7 heteroatoms. The number of carbonyl (C=O) groups excluding carboxylic acids is 3. The zero-order valence-corrected chi connectivity index (χ0v) is 20.1. The number of nitrogens with zero attached hydrogens (tertiary/aromatic N) is 3. The van der Waals surface area contributed by atoms with Gasteiger partial charge in [-0.25, -0.2) is 0 Å². The maximum absolute atomic E-state index is 13.7. The van der Waals surface area contributed by atoms with E-state index in [1.165, 1.54) is 9.80 Å². The van der Waals surface area contributed by atoms with Crippen LogP contribution in [-0.4, -0.2) is 58.2 Å². The van der Waals surface area contributed by atoms with Gasteiger partial charge in [0.05, 0.1) is 5.56 Å². The average Bonchev–Trinajstić information content (AvgIpc) is 3.39. The number of fused-ring (bicyclic) bond motifs is 2. The van der Waals surface area contributed by atoms with Gasteiger partial charge in [0.25, 0.3) is 11.8 Å². The number of ether oxygens (including phenoxy) is 1. The van der Waals surface area contributed by atoms with E-state index >= 15 is 0 Å². The molecule has 2 aliphatic rings. The van der Waals surface area contributed by atoms with Crippen LogP contribution in [0.2, 0.25) is 0 Å². The fourth-order valence-corrected chi connectivity index (χ4v) is 5.14. The summed E-state index contributed by atoms with van der Waals surface area (Å²) in [4.78, 5) is 45.1. The molecule has 2 heterocycles. The third kappa shape index (κ3) is 4.18. The third-order valence-corrected chi connectivity index (χ3v) is 6.94. The Morgan fingerprint density at radius 1 is 0.811 bits per heavy atom. The lowest BCUT2D eigenvalue weighted by molar-refractivity contribution is -0.157. The summed E-state index contributed by atoms with van der Waals surface area (Å²) in [5.74, 6) is 0.260. The summed E-state index contributed by atoms with van der Waals surface area (Å²) in [6, 6.07) is 30.1. The van der Waals surface area contributed by atoms with Gasteiger partial charge in [0, 0.05) is 19.6 Å². The Morgan fingerprint density at radius 2 is 1.54 bits per heavy atom. The van der Waals surface area contributed by atoms with Crippen LogP contribution in [0.15, 0.2) is 97.1 Å². The summed E-state index contributed by atoms with van der Waals surface area (Å²) >= 11 is 0. The average molecular weight is 492 g/mol. The SMILES string of the molecule is O=C1C2N(CCN2C(=O)c2ccccc2Oc2ccccc2)C(=O)CN1Cc1cccc2ccccc12. The first-order valence-electron chi connectivity index (χ1n) is 12.3. The van der Waals surface area contributed by atoms with Gasteiger partial charge >= 0.3 is 0 Å². The smallest absolute Gasteiger partial charge is 0.267 e. The summed E-state index contributed by atoms with van der Waals surface area (Å²) in [7, 11) is 0. The molecule has 6 rings (SSSR count). The standard InChI is InChI=1S/C30H25N3O4/c34-27-20-31(19-22-11-8-10-21-9-4-5-14-24(21)22)30(36)28-32(27)17-18-33(28)29(35)25-15-6-7-16-26(25)37-23-12-2-1-3-13-23/h1-16,28H,17-20H2. The van der Waals surface area contributed by atoms with Crippen molar-refractivity contribution >= 4 is 28.5 Å². The van der Waals surface area contributed by atoms with E-state index in [0.717, 1.165) is 16.3 Å². The molecule has 0 saturated carbocycles. The zero-order valence-electron chi connectivity index (χ0n) is 20.1. The van der Waals surface area contributed by atoms with Gasteiger partial charge in [0.2, 0.25) is 5.91 Å². The van der Waals surface area contributed by atoms with Gasteiger partial charge in [-0.2, -0.15) is 0 Å². The van der Waals surface area contributed by atoms with Crippen LogP contribution in [0.25, 0.3) is 10.8 Å². The first-order chi connectivity index (χ1) is 18.1. The molecule has 3 amide bonds. The summed E-state index contributed by atoms with van der Waals surface area (Å²) in [6.45, 7) is 0.897. The lowest BCUT2D eigenvalue weighted by Gasteiger charge is -2.38. The molecule has 0 aromatic heterocycles. The van der Waals surface area contributed by atoms with Crippen molar-refractivity contribution in [2.75, 3.05) is 19.6 Å². The van der Waals surface area contributed by atoms with E-state index in [1.807, 2.05) is 72.8 Å². The van der Waals surface area contributed by atoms with Crippen LogP contribution in [-0.2, 0) is 16.1 Å². The van der Waals surface area contributed by atoms with Crippen molar-refractivity contribution in [3.63, 3.8) is 0 Å². The number of piperazine rings is 1. The molecule has 2 saturated heterocycles. The normalized spacial score (nSPS) is 17.3. The van der Waals surface area contributed by atoms with Crippen molar-refractivity contribution in [2.24, 2.45) is 0 Å². The highest BCUT2D eigenvalue weighted by Crippen LogP contribution is 2.30. The minimum atomic E-state index is -0.964. The molecule has 184 valence electrons. The molecule has 7 nitrogen and oxygen atoms in total. The van der Waals surface area contributed by atoms with Gasteiger partial charge in [-0.1, -0.05) is 72.8 Å². The molecule has 1 atom stereocenters. The molecule has 1 unspecified atom stereocenters. The predicted octanol–water partition coefficient (Wildman–Crippen LogP) is 4.29. The van der Waals surface area contributed by atoms with Crippen LogP contribution in [0.3, 0.4) is 0 Å². The number of carbonyl (C=O) groups is 3. The molecule has 4 aromatic rings. The molecule has 2 aliphatic heterocycles. The Balaban J connectivity index is 1.28. The molecular formula is C30H25N3O4. The second kappa shape index (κ2) is 9.43. The number of amides is 3. The number of para-hydroxylation sites is 2. The van der Waals surface area contributed by atoms with Crippen LogP contribution < -0.4 is 4.74 Å². The van der Waals surface area contributed by atoms with Gasteiger partial charge in [0.15, 0.2) is 6.17 Å². The minimum absolute atomic E-state index is 0.00566. The summed E-state index contributed by atoms with van der Waals surface area (Å²) in [5.41, 5.74) is 1.31. The van der Waals surface area contributed by atoms with E-state index in [1.54, 1.807) is 29.2 Å². The largest absolute Gasteiger partial charge is 0.457 e. The number of benzene rings is 4. The van der Waals surface area contributed by atoms with Gasteiger partial charge in [-0.05, 0) is 40.6 Å². The van der Waals surface area contributed by atoms with Crippen LogP contribution in [0.4, 0.5) is 0 Å². The monoisotopic (exact) mass is 491 g/mol. The summed E-state index contributed by atoms with van der Waals surface area (Å²) < 4.78 is 5.99. The van der Waals surface area contributed by atoms with Gasteiger partial charge in [-0.15, -0.1) is 0 Å². The van der Waals surface area contributed by atoms with Gasteiger partial charge in [-0.3, -0.25) is 14.4 Å². The highest BCUT2D eigenvalue weighted by Gasteiger charge is 2.48. The molecule has 0 bridgehead atoms. The van der Waals surface area contributed by atoms with E-state index < -0.39 is 6.17 Å². The van der Waals surface area contributed by atoms with E-state index in [2.05, 4.69) is 0 Å². The Hall–Kier alpha value is -4.65. The van der Waals surface area contributed by atoms with E-state index in [-0.39, 0.29) is 30.8 Å². The Labute approximate surface area is 214 Å². The van der Waals surface area contributed by atoms with E-state index in [0.29, 0.717) is 30.2 Å². The van der Waals surface area contributed by atoms with E-state index in [9.17, 15) is 14.4 Å². The summed E-state index contributed by atoms with van der Waals surface area (Å²) in [5, 5.41) is 2.11. The zero-order chi connectivity index (χ0) is 25.4. The lowest BCUT2D eigenvalue weighted by Crippen LogP contribution is -2.61. The van der Waals surface area contributed by atoms with Crippen molar-refractivity contribution < 1.29 is 19.1 Å². The Bertz CT molecular complexity index is 1500. The van der Waals surface area contributed by atoms with Crippen LogP contribution in [0.1, 0.15) is 15.9 Å². The quantitative estimate of drug-likeness (QED) is 0.418. The van der Waals surface area contributed by atoms with Crippen LogP contribution in [0.5, 0.6) is 11.5 Å². The number of hydrogen-bond donors (Lipinski definition) is 0. The Morgan fingerprint density at radius 3 is 2.41 bits per heavy atom. The van der Waals surface area contributed by atoms with E-state index in [4.69, 9.17) is 4.74 Å². The highest BCUT2D eigenvalue weighted by molar-refractivity contribution is 6.03. The molecule has 0 radical (unpaired) electrons. The lowest BCUT2D eigenvalue weighted by atomic mass is 10.0. The number of hydrogen-bond acceptors (Lipinski definition) is 4. The molecule has 0 N–H and O–H groups in total. The Kier molecular flexibility index (Phi) is 5.81. The van der Waals surface area contributed by atoms with Gasteiger partial charge < -0.3 is 19.4 Å². The number of rotatable bonds is 5. The van der Waals surface area contributed by atoms with Crippen molar-refractivity contribution in [1.82, 2.24) is 14.7 Å². The fraction of sp³-hybridized carbons (Fsp3) is 0.167. The van der Waals surface area contributed by atoms with Gasteiger partial charge in [0.1, 0.15) is 18.0 Å². The van der Waals surface area contributed by atoms with Crippen molar-refractivity contribution in [3.8, 4) is 11.5 Å².